The fourth-order valence-electron chi connectivity index (χ4n) is 0.859. The molecule has 0 aromatic heterocycles. The first-order valence-corrected chi connectivity index (χ1v) is 4.45. The van der Waals surface area contributed by atoms with Gasteiger partial charge < -0.3 is 0 Å². The fourth-order valence-corrected chi connectivity index (χ4v) is 1.72. The number of benzene rings is 1. The van der Waals surface area contributed by atoms with Crippen LogP contribution in [0.5, 0.6) is 0 Å². The lowest BCUT2D eigenvalue weighted by molar-refractivity contribution is 1.30. The SMILES string of the molecule is Cc1c(Cl)ccc(Cl)c1CCl. The Labute approximate surface area is 81.1 Å². The minimum atomic E-state index is 0.408. The number of rotatable bonds is 1. The Balaban J connectivity index is 3.29. The summed E-state index contributed by atoms with van der Waals surface area (Å²) in [5, 5.41) is 1.40. The van der Waals surface area contributed by atoms with Crippen LogP contribution in [0.3, 0.4) is 0 Å². The second kappa shape index (κ2) is 3.66. The zero-order valence-electron chi connectivity index (χ0n) is 6.00. The molecule has 60 valence electrons. The molecule has 0 nitrogen and oxygen atoms in total. The van der Waals surface area contributed by atoms with E-state index in [4.69, 9.17) is 34.8 Å². The summed E-state index contributed by atoms with van der Waals surface area (Å²) in [6.45, 7) is 1.91. The van der Waals surface area contributed by atoms with E-state index in [-0.39, 0.29) is 0 Å². The highest BCUT2D eigenvalue weighted by atomic mass is 35.5. The van der Waals surface area contributed by atoms with Gasteiger partial charge in [0.05, 0.1) is 0 Å². The van der Waals surface area contributed by atoms with Gasteiger partial charge >= 0.3 is 0 Å². The molecule has 0 heterocycles. The average Bonchev–Trinajstić information content (AvgIpc) is 1.99. The van der Waals surface area contributed by atoms with E-state index >= 15 is 0 Å². The topological polar surface area (TPSA) is 0 Å². The van der Waals surface area contributed by atoms with Gasteiger partial charge in [0.25, 0.3) is 0 Å². The van der Waals surface area contributed by atoms with Crippen molar-refractivity contribution < 1.29 is 0 Å². The van der Waals surface area contributed by atoms with Crippen LogP contribution in [0, 0.1) is 6.92 Å². The number of alkyl halides is 1. The van der Waals surface area contributed by atoms with Crippen LogP contribution in [-0.2, 0) is 5.88 Å². The average molecular weight is 210 g/mol. The molecule has 0 unspecified atom stereocenters. The molecule has 0 fully saturated rings. The largest absolute Gasteiger partial charge is 0.121 e. The van der Waals surface area contributed by atoms with E-state index in [1.165, 1.54) is 0 Å². The van der Waals surface area contributed by atoms with Crippen LogP contribution in [-0.4, -0.2) is 0 Å². The van der Waals surface area contributed by atoms with Gasteiger partial charge in [-0.2, -0.15) is 0 Å². The van der Waals surface area contributed by atoms with Crippen LogP contribution in [0.2, 0.25) is 10.0 Å². The molecule has 1 aromatic carbocycles. The highest BCUT2D eigenvalue weighted by molar-refractivity contribution is 6.34. The van der Waals surface area contributed by atoms with E-state index in [9.17, 15) is 0 Å². The first-order valence-electron chi connectivity index (χ1n) is 3.16. The molecule has 0 aliphatic heterocycles. The Morgan fingerprint density at radius 2 is 1.73 bits per heavy atom. The van der Waals surface area contributed by atoms with Gasteiger partial charge in [0.15, 0.2) is 0 Å². The molecule has 11 heavy (non-hydrogen) atoms. The van der Waals surface area contributed by atoms with E-state index in [1.807, 2.05) is 6.92 Å². The quantitative estimate of drug-likeness (QED) is 0.613. The molecule has 1 rings (SSSR count). The lowest BCUT2D eigenvalue weighted by Gasteiger charge is -2.05. The number of hydrogen-bond donors (Lipinski definition) is 0. The molecule has 0 atom stereocenters. The van der Waals surface area contributed by atoms with Crippen LogP contribution < -0.4 is 0 Å². The summed E-state index contributed by atoms with van der Waals surface area (Å²) in [6.07, 6.45) is 0. The molecule has 0 aliphatic rings. The summed E-state index contributed by atoms with van der Waals surface area (Å²) >= 11 is 17.4. The third-order valence-corrected chi connectivity index (χ3v) is 2.64. The lowest BCUT2D eigenvalue weighted by Crippen LogP contribution is -1.86. The van der Waals surface area contributed by atoms with Crippen LogP contribution >= 0.6 is 34.8 Å². The first kappa shape index (κ1) is 9.18. The molecule has 3 heteroatoms. The van der Waals surface area contributed by atoms with E-state index in [0.717, 1.165) is 11.1 Å². The number of hydrogen-bond acceptors (Lipinski definition) is 0. The Kier molecular flexibility index (Phi) is 3.06. The van der Waals surface area contributed by atoms with Gasteiger partial charge in [-0.25, -0.2) is 0 Å². The van der Waals surface area contributed by atoms with Gasteiger partial charge in [0, 0.05) is 15.9 Å². The minimum absolute atomic E-state index is 0.408. The molecular weight excluding hydrogens is 202 g/mol. The Morgan fingerprint density at radius 3 is 2.18 bits per heavy atom. The molecule has 0 saturated carbocycles. The van der Waals surface area contributed by atoms with Crippen LogP contribution in [0.1, 0.15) is 11.1 Å². The summed E-state index contributed by atoms with van der Waals surface area (Å²) in [5.74, 6) is 0.408. The van der Waals surface area contributed by atoms with Gasteiger partial charge in [0.2, 0.25) is 0 Å². The van der Waals surface area contributed by atoms with Crippen LogP contribution in [0.15, 0.2) is 12.1 Å². The zero-order valence-corrected chi connectivity index (χ0v) is 8.26. The van der Waals surface area contributed by atoms with Gasteiger partial charge in [-0.1, -0.05) is 23.2 Å². The second-order valence-corrected chi connectivity index (χ2v) is 3.35. The van der Waals surface area contributed by atoms with Gasteiger partial charge in [0.1, 0.15) is 0 Å². The van der Waals surface area contributed by atoms with Crippen molar-refractivity contribution in [2.24, 2.45) is 0 Å². The van der Waals surface area contributed by atoms with Gasteiger partial charge in [-0.05, 0) is 30.2 Å². The van der Waals surface area contributed by atoms with Crippen molar-refractivity contribution in [2.45, 2.75) is 12.8 Å². The summed E-state index contributed by atoms with van der Waals surface area (Å²) in [5.41, 5.74) is 1.88. The summed E-state index contributed by atoms with van der Waals surface area (Å²) in [7, 11) is 0. The van der Waals surface area contributed by atoms with E-state index < -0.39 is 0 Å². The molecule has 0 N–H and O–H groups in total. The monoisotopic (exact) mass is 208 g/mol. The summed E-state index contributed by atoms with van der Waals surface area (Å²) < 4.78 is 0. The second-order valence-electron chi connectivity index (χ2n) is 2.27. The molecular formula is C8H7Cl3. The van der Waals surface area contributed by atoms with Crippen molar-refractivity contribution in [2.75, 3.05) is 0 Å². The normalized spacial score (nSPS) is 10.2. The standard InChI is InChI=1S/C8H7Cl3/c1-5-6(4-9)8(11)3-2-7(5)10/h2-3H,4H2,1H3. The fraction of sp³-hybridized carbons (Fsp3) is 0.250. The van der Waals surface area contributed by atoms with Crippen molar-refractivity contribution in [3.63, 3.8) is 0 Å². The maximum Gasteiger partial charge on any atom is 0.0491 e. The van der Waals surface area contributed by atoms with Crippen LogP contribution in [0.25, 0.3) is 0 Å². The third-order valence-electron chi connectivity index (χ3n) is 1.61. The van der Waals surface area contributed by atoms with Gasteiger partial charge in [-0.15, -0.1) is 11.6 Å². The van der Waals surface area contributed by atoms with Crippen molar-refractivity contribution in [3.8, 4) is 0 Å². The molecule has 0 amide bonds. The van der Waals surface area contributed by atoms with Crippen molar-refractivity contribution in [1.29, 1.82) is 0 Å². The summed E-state index contributed by atoms with van der Waals surface area (Å²) in [6, 6.07) is 3.53. The van der Waals surface area contributed by atoms with Crippen molar-refractivity contribution in [3.05, 3.63) is 33.3 Å². The van der Waals surface area contributed by atoms with E-state index in [1.54, 1.807) is 12.1 Å². The summed E-state index contributed by atoms with van der Waals surface area (Å²) in [4.78, 5) is 0. The molecule has 0 bridgehead atoms. The third kappa shape index (κ3) is 1.81. The highest BCUT2D eigenvalue weighted by Crippen LogP contribution is 2.27. The molecule has 0 saturated heterocycles. The molecule has 0 aliphatic carbocycles. The Morgan fingerprint density at radius 1 is 1.18 bits per heavy atom. The predicted octanol–water partition coefficient (Wildman–Crippen LogP) is 4.04. The Hall–Kier alpha value is 0.0900. The predicted molar refractivity (Wildman–Crippen MR) is 50.8 cm³/mol. The van der Waals surface area contributed by atoms with E-state index in [0.29, 0.717) is 15.9 Å². The molecule has 0 radical (unpaired) electrons. The van der Waals surface area contributed by atoms with Crippen LogP contribution in [0.4, 0.5) is 0 Å². The minimum Gasteiger partial charge on any atom is -0.121 e. The van der Waals surface area contributed by atoms with Crippen molar-refractivity contribution >= 4 is 34.8 Å². The van der Waals surface area contributed by atoms with E-state index in [2.05, 4.69) is 0 Å². The molecule has 1 aromatic rings. The number of halogens is 3. The lowest BCUT2D eigenvalue weighted by atomic mass is 10.1. The first-order chi connectivity index (χ1) is 5.16. The van der Waals surface area contributed by atoms with Crippen molar-refractivity contribution in [1.82, 2.24) is 0 Å². The maximum atomic E-state index is 5.86. The smallest absolute Gasteiger partial charge is 0.0491 e. The zero-order chi connectivity index (χ0) is 8.43. The maximum absolute atomic E-state index is 5.86. The highest BCUT2D eigenvalue weighted by Gasteiger charge is 2.05. The van der Waals surface area contributed by atoms with Gasteiger partial charge in [-0.3, -0.25) is 0 Å². The Bertz CT molecular complexity index is 268. The molecule has 0 spiro atoms.